The van der Waals surface area contributed by atoms with Gasteiger partial charge in [-0.25, -0.2) is 4.79 Å². The number of rotatable bonds is 5. The smallest absolute Gasteiger partial charge is 0.354 e. The molecular weight excluding hydrogens is 436 g/mol. The van der Waals surface area contributed by atoms with Crippen LogP contribution in [0.5, 0.6) is 0 Å². The first kappa shape index (κ1) is 24.2. The van der Waals surface area contributed by atoms with E-state index >= 15 is 0 Å². The highest BCUT2D eigenvalue weighted by molar-refractivity contribution is 6.38. The van der Waals surface area contributed by atoms with E-state index in [-0.39, 0.29) is 48.7 Å². The van der Waals surface area contributed by atoms with Gasteiger partial charge in [0.2, 0.25) is 11.8 Å². The summed E-state index contributed by atoms with van der Waals surface area (Å²) in [6.45, 7) is 8.23. The van der Waals surface area contributed by atoms with Crippen molar-refractivity contribution in [1.29, 1.82) is 0 Å². The van der Waals surface area contributed by atoms with Crippen molar-refractivity contribution < 1.29 is 23.9 Å². The topological polar surface area (TPSA) is 91.8 Å². The van der Waals surface area contributed by atoms with E-state index < -0.39 is 12.0 Å². The number of benzene rings is 1. The molecule has 3 heterocycles. The Bertz CT molecular complexity index is 918. The van der Waals surface area contributed by atoms with E-state index in [4.69, 9.17) is 9.47 Å². The third-order valence-electron chi connectivity index (χ3n) is 6.61. The minimum Gasteiger partial charge on any atom is -0.461 e. The number of carbonyl (C=O) groups excluding carboxylic acids is 3. The Balaban J connectivity index is 1.40. The zero-order valence-electron chi connectivity index (χ0n) is 20.2. The normalized spacial score (nSPS) is 25.8. The Morgan fingerprint density at radius 1 is 1.00 bits per heavy atom. The van der Waals surface area contributed by atoms with Crippen molar-refractivity contribution >= 4 is 29.2 Å². The number of hydrogen-bond donors (Lipinski definition) is 0. The number of esters is 1. The zero-order valence-corrected chi connectivity index (χ0v) is 20.2. The van der Waals surface area contributed by atoms with E-state index in [9.17, 15) is 14.4 Å². The SMILES string of the molecule is CCOC(=O)C1=NN(c2ccccc2)C(C(=O)N2CCC(C(=O)N3CC(C)OC(C)C3)CC2)C1. The molecule has 4 rings (SSSR count). The lowest BCUT2D eigenvalue weighted by atomic mass is 9.94. The van der Waals surface area contributed by atoms with Gasteiger partial charge in [-0.1, -0.05) is 18.2 Å². The molecule has 1 aromatic carbocycles. The molecule has 3 unspecified atom stereocenters. The molecule has 0 aromatic heterocycles. The third kappa shape index (κ3) is 5.24. The number of morpholine rings is 1. The summed E-state index contributed by atoms with van der Waals surface area (Å²) in [7, 11) is 0. The molecule has 184 valence electrons. The highest BCUT2D eigenvalue weighted by Gasteiger charge is 2.41. The van der Waals surface area contributed by atoms with Gasteiger partial charge in [-0.15, -0.1) is 0 Å². The van der Waals surface area contributed by atoms with E-state index in [2.05, 4.69) is 5.10 Å². The lowest BCUT2D eigenvalue weighted by Gasteiger charge is -2.39. The van der Waals surface area contributed by atoms with Crippen LogP contribution in [0.4, 0.5) is 5.69 Å². The summed E-state index contributed by atoms with van der Waals surface area (Å²) in [6.07, 6.45) is 1.54. The quantitative estimate of drug-likeness (QED) is 0.612. The zero-order chi connectivity index (χ0) is 24.2. The van der Waals surface area contributed by atoms with Gasteiger partial charge >= 0.3 is 5.97 Å². The third-order valence-corrected chi connectivity index (χ3v) is 6.61. The number of hydrazone groups is 1. The van der Waals surface area contributed by atoms with Crippen LogP contribution in [0.15, 0.2) is 35.4 Å². The maximum atomic E-state index is 13.5. The Morgan fingerprint density at radius 2 is 1.65 bits per heavy atom. The molecule has 3 atom stereocenters. The second kappa shape index (κ2) is 10.5. The summed E-state index contributed by atoms with van der Waals surface area (Å²) in [5.74, 6) is -0.487. The second-order valence-corrected chi connectivity index (χ2v) is 9.27. The van der Waals surface area contributed by atoms with E-state index in [1.807, 2.05) is 49.1 Å². The van der Waals surface area contributed by atoms with Crippen molar-refractivity contribution in [3.05, 3.63) is 30.3 Å². The number of amides is 2. The number of carbonyl (C=O) groups is 3. The molecule has 0 radical (unpaired) electrons. The van der Waals surface area contributed by atoms with Crippen molar-refractivity contribution in [2.45, 2.75) is 58.3 Å². The van der Waals surface area contributed by atoms with Crippen molar-refractivity contribution in [1.82, 2.24) is 9.80 Å². The van der Waals surface area contributed by atoms with Gasteiger partial charge in [0.05, 0.1) is 24.5 Å². The van der Waals surface area contributed by atoms with Crippen LogP contribution in [-0.2, 0) is 23.9 Å². The number of ether oxygens (including phenoxy) is 2. The highest BCUT2D eigenvalue weighted by atomic mass is 16.5. The van der Waals surface area contributed by atoms with Crippen LogP contribution >= 0.6 is 0 Å². The first-order chi connectivity index (χ1) is 16.4. The highest BCUT2D eigenvalue weighted by Crippen LogP contribution is 2.28. The van der Waals surface area contributed by atoms with Gasteiger partial charge in [0.15, 0.2) is 0 Å². The van der Waals surface area contributed by atoms with Gasteiger partial charge in [0.25, 0.3) is 0 Å². The van der Waals surface area contributed by atoms with Gasteiger partial charge < -0.3 is 19.3 Å². The van der Waals surface area contributed by atoms with Crippen LogP contribution in [0.1, 0.15) is 40.0 Å². The fourth-order valence-electron chi connectivity index (χ4n) is 5.03. The number of anilines is 1. The van der Waals surface area contributed by atoms with Crippen molar-refractivity contribution in [3.63, 3.8) is 0 Å². The maximum Gasteiger partial charge on any atom is 0.354 e. The Morgan fingerprint density at radius 3 is 2.26 bits per heavy atom. The van der Waals surface area contributed by atoms with Crippen LogP contribution in [0.2, 0.25) is 0 Å². The van der Waals surface area contributed by atoms with Crippen molar-refractivity contribution in [3.8, 4) is 0 Å². The molecule has 2 saturated heterocycles. The van der Waals surface area contributed by atoms with Gasteiger partial charge in [0.1, 0.15) is 11.8 Å². The number of hydrogen-bond acceptors (Lipinski definition) is 7. The minimum absolute atomic E-state index is 0.0364. The van der Waals surface area contributed by atoms with Crippen molar-refractivity contribution in [2.75, 3.05) is 37.8 Å². The van der Waals surface area contributed by atoms with Crippen LogP contribution in [0, 0.1) is 5.92 Å². The molecule has 34 heavy (non-hydrogen) atoms. The average Bonchev–Trinajstić information content (AvgIpc) is 3.29. The molecule has 0 N–H and O–H groups in total. The molecule has 9 heteroatoms. The summed E-state index contributed by atoms with van der Waals surface area (Å²) >= 11 is 0. The Kier molecular flexibility index (Phi) is 7.50. The van der Waals surface area contributed by atoms with E-state index in [1.54, 1.807) is 16.8 Å². The molecule has 1 aromatic rings. The molecule has 2 amide bonds. The standard InChI is InChI=1S/C25H34N4O5/c1-4-33-25(32)21-14-22(29(26-21)20-8-6-5-7-9-20)24(31)27-12-10-19(11-13-27)23(30)28-15-17(2)34-18(3)16-28/h5-9,17-19,22H,4,10-16H2,1-3H3. The first-order valence-electron chi connectivity index (χ1n) is 12.2. The summed E-state index contributed by atoms with van der Waals surface area (Å²) in [4.78, 5) is 42.6. The predicted molar refractivity (Wildman–Crippen MR) is 127 cm³/mol. The van der Waals surface area contributed by atoms with Crippen LogP contribution in [0.25, 0.3) is 0 Å². The fourth-order valence-corrected chi connectivity index (χ4v) is 5.03. The van der Waals surface area contributed by atoms with Gasteiger partial charge in [-0.2, -0.15) is 5.10 Å². The molecule has 2 fully saturated rings. The molecule has 0 aliphatic carbocycles. The minimum atomic E-state index is -0.602. The average molecular weight is 471 g/mol. The fraction of sp³-hybridized carbons (Fsp3) is 0.600. The van der Waals surface area contributed by atoms with Crippen LogP contribution in [0.3, 0.4) is 0 Å². The summed E-state index contributed by atoms with van der Waals surface area (Å²) < 4.78 is 10.9. The largest absolute Gasteiger partial charge is 0.461 e. The number of likely N-dealkylation sites (tertiary alicyclic amines) is 1. The summed E-state index contributed by atoms with van der Waals surface area (Å²) in [5.41, 5.74) is 1.01. The molecule has 9 nitrogen and oxygen atoms in total. The maximum absolute atomic E-state index is 13.5. The molecule has 0 bridgehead atoms. The van der Waals surface area contributed by atoms with Gasteiger partial charge in [-0.05, 0) is 45.7 Å². The van der Waals surface area contributed by atoms with Gasteiger partial charge in [0, 0.05) is 38.5 Å². The predicted octanol–water partition coefficient (Wildman–Crippen LogP) is 2.06. The molecule has 3 aliphatic heterocycles. The number of para-hydroxylation sites is 1. The Labute approximate surface area is 200 Å². The number of piperidine rings is 1. The molecular formula is C25H34N4O5. The lowest BCUT2D eigenvalue weighted by Crippen LogP contribution is -2.53. The van der Waals surface area contributed by atoms with Crippen LogP contribution in [-0.4, -0.2) is 84.3 Å². The molecule has 3 aliphatic rings. The molecule has 0 saturated carbocycles. The van der Waals surface area contributed by atoms with E-state index in [0.717, 1.165) is 5.69 Å². The summed E-state index contributed by atoms with van der Waals surface area (Å²) in [5, 5.41) is 6.08. The second-order valence-electron chi connectivity index (χ2n) is 9.27. The van der Waals surface area contributed by atoms with Gasteiger partial charge in [-0.3, -0.25) is 14.6 Å². The van der Waals surface area contributed by atoms with E-state index in [1.165, 1.54) is 0 Å². The molecule has 0 spiro atoms. The van der Waals surface area contributed by atoms with Crippen LogP contribution < -0.4 is 5.01 Å². The lowest BCUT2D eigenvalue weighted by molar-refractivity contribution is -0.150. The number of nitrogens with zero attached hydrogens (tertiary/aromatic N) is 4. The monoisotopic (exact) mass is 470 g/mol. The van der Waals surface area contributed by atoms with E-state index in [0.29, 0.717) is 39.0 Å². The first-order valence-corrected chi connectivity index (χ1v) is 12.2. The Hall–Kier alpha value is -2.94. The summed E-state index contributed by atoms with van der Waals surface area (Å²) in [6, 6.07) is 8.78. The van der Waals surface area contributed by atoms with Crippen molar-refractivity contribution in [2.24, 2.45) is 11.0 Å².